The molecule has 1 aliphatic heterocycles. The van der Waals surface area contributed by atoms with Crippen molar-refractivity contribution in [2.75, 3.05) is 32.0 Å². The molecule has 1 aromatic carbocycles. The minimum Gasteiger partial charge on any atom is -0.397 e. The van der Waals surface area contributed by atoms with Crippen LogP contribution in [-0.4, -0.2) is 37.1 Å². The van der Waals surface area contributed by atoms with Crippen molar-refractivity contribution >= 4 is 34.8 Å². The van der Waals surface area contributed by atoms with E-state index >= 15 is 0 Å². The van der Waals surface area contributed by atoms with E-state index in [9.17, 15) is 4.79 Å². The van der Waals surface area contributed by atoms with Gasteiger partial charge in [-0.2, -0.15) is 0 Å². The highest BCUT2D eigenvalue weighted by Crippen LogP contribution is 2.28. The number of hydrogen-bond donors (Lipinski definition) is 1. The summed E-state index contributed by atoms with van der Waals surface area (Å²) in [4.78, 5) is 13.9. The molecule has 2 N–H and O–H groups in total. The molecule has 1 saturated heterocycles. The van der Waals surface area contributed by atoms with Crippen molar-refractivity contribution < 1.29 is 9.53 Å². The fourth-order valence-corrected chi connectivity index (χ4v) is 2.19. The largest absolute Gasteiger partial charge is 0.397 e. The summed E-state index contributed by atoms with van der Waals surface area (Å²) in [7, 11) is 0. The minimum absolute atomic E-state index is 0.157. The monoisotopic (exact) mass is 274 g/mol. The Bertz CT molecular complexity index is 445. The van der Waals surface area contributed by atoms with Gasteiger partial charge in [0, 0.05) is 18.1 Å². The molecule has 0 spiro atoms. The number of nitrogens with two attached hydrogens (primary N) is 1. The van der Waals surface area contributed by atoms with E-state index in [4.69, 9.17) is 33.7 Å². The van der Waals surface area contributed by atoms with Crippen molar-refractivity contribution in [1.29, 1.82) is 0 Å². The van der Waals surface area contributed by atoms with Crippen LogP contribution in [0.3, 0.4) is 0 Å². The van der Waals surface area contributed by atoms with Gasteiger partial charge in [-0.15, -0.1) is 0 Å². The Morgan fingerprint density at radius 2 is 1.94 bits per heavy atom. The van der Waals surface area contributed by atoms with E-state index in [2.05, 4.69) is 0 Å². The molecule has 4 nitrogen and oxygen atoms in total. The molecule has 0 aromatic heterocycles. The first-order chi connectivity index (χ1) is 8.09. The van der Waals surface area contributed by atoms with Crippen LogP contribution in [0.4, 0.5) is 5.69 Å². The quantitative estimate of drug-likeness (QED) is 0.798. The third kappa shape index (κ3) is 2.65. The number of ether oxygens (including phenoxy) is 1. The fourth-order valence-electron chi connectivity index (χ4n) is 1.70. The van der Waals surface area contributed by atoms with Gasteiger partial charge in [-0.25, -0.2) is 0 Å². The molecule has 1 heterocycles. The molecule has 1 fully saturated rings. The van der Waals surface area contributed by atoms with Gasteiger partial charge in [-0.05, 0) is 12.1 Å². The van der Waals surface area contributed by atoms with E-state index in [1.165, 1.54) is 6.07 Å². The number of benzene rings is 1. The van der Waals surface area contributed by atoms with Crippen molar-refractivity contribution in [2.45, 2.75) is 0 Å². The van der Waals surface area contributed by atoms with Gasteiger partial charge in [0.05, 0.1) is 29.5 Å². The van der Waals surface area contributed by atoms with Crippen molar-refractivity contribution in [3.05, 3.63) is 27.7 Å². The third-order valence-electron chi connectivity index (χ3n) is 2.62. The van der Waals surface area contributed by atoms with Gasteiger partial charge in [0.25, 0.3) is 5.91 Å². The van der Waals surface area contributed by atoms with Crippen LogP contribution in [0, 0.1) is 0 Å². The summed E-state index contributed by atoms with van der Waals surface area (Å²) in [6, 6.07) is 3.06. The molecular weight excluding hydrogens is 263 g/mol. The zero-order valence-corrected chi connectivity index (χ0v) is 10.6. The fraction of sp³-hybridized carbons (Fsp3) is 0.364. The molecule has 0 aliphatic carbocycles. The molecule has 1 aliphatic rings. The Morgan fingerprint density at radius 1 is 1.29 bits per heavy atom. The molecule has 1 aromatic rings. The van der Waals surface area contributed by atoms with E-state index in [0.29, 0.717) is 41.9 Å². The Labute approximate surface area is 109 Å². The van der Waals surface area contributed by atoms with Gasteiger partial charge in [0.2, 0.25) is 0 Å². The molecule has 0 bridgehead atoms. The number of halogens is 2. The van der Waals surface area contributed by atoms with Crippen LogP contribution in [-0.2, 0) is 4.74 Å². The van der Waals surface area contributed by atoms with Gasteiger partial charge >= 0.3 is 0 Å². The molecule has 17 heavy (non-hydrogen) atoms. The molecule has 0 radical (unpaired) electrons. The van der Waals surface area contributed by atoms with Crippen LogP contribution in [0.2, 0.25) is 10.0 Å². The van der Waals surface area contributed by atoms with E-state index in [0.717, 1.165) is 0 Å². The van der Waals surface area contributed by atoms with Crippen molar-refractivity contribution in [3.63, 3.8) is 0 Å². The standard InChI is InChI=1S/C11H12Cl2N2O2/c12-7-5-8(10(14)9(13)6-7)11(16)15-1-3-17-4-2-15/h5-6H,1-4,14H2. The van der Waals surface area contributed by atoms with Crippen LogP contribution in [0.25, 0.3) is 0 Å². The number of nitrogen functional groups attached to an aromatic ring is 1. The van der Waals surface area contributed by atoms with Crippen LogP contribution in [0.15, 0.2) is 12.1 Å². The summed E-state index contributed by atoms with van der Waals surface area (Å²) in [5.41, 5.74) is 6.41. The van der Waals surface area contributed by atoms with Crippen LogP contribution in [0.5, 0.6) is 0 Å². The number of carbonyl (C=O) groups excluding carboxylic acids is 1. The average molecular weight is 275 g/mol. The molecule has 6 heteroatoms. The zero-order chi connectivity index (χ0) is 12.4. The number of amides is 1. The summed E-state index contributed by atoms with van der Waals surface area (Å²) in [6.45, 7) is 2.20. The Balaban J connectivity index is 2.29. The summed E-state index contributed by atoms with van der Waals surface area (Å²) in [5, 5.41) is 0.704. The highest BCUT2D eigenvalue weighted by molar-refractivity contribution is 6.37. The maximum atomic E-state index is 12.2. The minimum atomic E-state index is -0.157. The van der Waals surface area contributed by atoms with Crippen LogP contribution in [0.1, 0.15) is 10.4 Å². The maximum absolute atomic E-state index is 12.2. The van der Waals surface area contributed by atoms with Crippen molar-refractivity contribution in [2.24, 2.45) is 0 Å². The lowest BCUT2D eigenvalue weighted by atomic mass is 10.1. The lowest BCUT2D eigenvalue weighted by Gasteiger charge is -2.27. The number of hydrogen-bond acceptors (Lipinski definition) is 3. The van der Waals surface area contributed by atoms with Gasteiger partial charge in [0.1, 0.15) is 0 Å². The van der Waals surface area contributed by atoms with Gasteiger partial charge in [-0.3, -0.25) is 4.79 Å². The van der Waals surface area contributed by atoms with E-state index in [1.54, 1.807) is 11.0 Å². The predicted molar refractivity (Wildman–Crippen MR) is 67.6 cm³/mol. The average Bonchev–Trinajstić information content (AvgIpc) is 2.34. The van der Waals surface area contributed by atoms with Crippen LogP contribution < -0.4 is 5.73 Å². The number of anilines is 1. The summed E-state index contributed by atoms with van der Waals surface area (Å²) in [6.07, 6.45) is 0. The second kappa shape index (κ2) is 5.12. The van der Waals surface area contributed by atoms with E-state index in [1.807, 2.05) is 0 Å². The summed E-state index contributed by atoms with van der Waals surface area (Å²) < 4.78 is 5.19. The molecule has 0 unspecified atom stereocenters. The SMILES string of the molecule is Nc1c(Cl)cc(Cl)cc1C(=O)N1CCOCC1. The van der Waals surface area contributed by atoms with Crippen molar-refractivity contribution in [3.8, 4) is 0 Å². The number of morpholine rings is 1. The second-order valence-electron chi connectivity index (χ2n) is 3.75. The highest BCUT2D eigenvalue weighted by Gasteiger charge is 2.21. The first-order valence-corrected chi connectivity index (χ1v) is 5.96. The van der Waals surface area contributed by atoms with Crippen molar-refractivity contribution in [1.82, 2.24) is 4.90 Å². The smallest absolute Gasteiger partial charge is 0.256 e. The number of carbonyl (C=O) groups is 1. The molecule has 92 valence electrons. The van der Waals surface area contributed by atoms with Gasteiger partial charge < -0.3 is 15.4 Å². The first kappa shape index (κ1) is 12.5. The normalized spacial score (nSPS) is 16.0. The van der Waals surface area contributed by atoms with Crippen LogP contribution >= 0.6 is 23.2 Å². The van der Waals surface area contributed by atoms with E-state index in [-0.39, 0.29) is 11.6 Å². The molecular formula is C11H12Cl2N2O2. The second-order valence-corrected chi connectivity index (χ2v) is 4.60. The zero-order valence-electron chi connectivity index (χ0n) is 9.08. The Hall–Kier alpha value is -0.970. The van der Waals surface area contributed by atoms with Gasteiger partial charge in [-0.1, -0.05) is 23.2 Å². The Kier molecular flexibility index (Phi) is 3.76. The topological polar surface area (TPSA) is 55.6 Å². The molecule has 1 amide bonds. The Morgan fingerprint density at radius 3 is 2.59 bits per heavy atom. The lowest BCUT2D eigenvalue weighted by Crippen LogP contribution is -2.40. The first-order valence-electron chi connectivity index (χ1n) is 5.21. The number of nitrogens with zero attached hydrogens (tertiary/aromatic N) is 1. The van der Waals surface area contributed by atoms with E-state index < -0.39 is 0 Å². The molecule has 0 atom stereocenters. The maximum Gasteiger partial charge on any atom is 0.256 e. The highest BCUT2D eigenvalue weighted by atomic mass is 35.5. The molecule has 2 rings (SSSR count). The molecule has 0 saturated carbocycles. The lowest BCUT2D eigenvalue weighted by molar-refractivity contribution is 0.0303. The predicted octanol–water partition coefficient (Wildman–Crippen LogP) is 2.05. The summed E-state index contributed by atoms with van der Waals surface area (Å²) >= 11 is 11.8. The third-order valence-corrected chi connectivity index (χ3v) is 3.15. The number of rotatable bonds is 1. The summed E-state index contributed by atoms with van der Waals surface area (Å²) in [5.74, 6) is -0.157. The van der Waals surface area contributed by atoms with Gasteiger partial charge in [0.15, 0.2) is 0 Å².